The minimum absolute atomic E-state index is 0.0242. The van der Waals surface area contributed by atoms with Crippen molar-refractivity contribution in [3.8, 4) is 11.5 Å². The summed E-state index contributed by atoms with van der Waals surface area (Å²) in [6.45, 7) is 3.62. The smallest absolute Gasteiger partial charge is 0.242 e. The Hall–Kier alpha value is -3.32. The summed E-state index contributed by atoms with van der Waals surface area (Å²) in [4.78, 5) is 31.5. The molecule has 0 spiro atoms. The second-order valence-electron chi connectivity index (χ2n) is 8.62. The zero-order chi connectivity index (χ0) is 24.6. The maximum Gasteiger partial charge on any atom is 0.242 e. The van der Waals surface area contributed by atoms with Crippen molar-refractivity contribution < 1.29 is 19.1 Å². The summed E-state index contributed by atoms with van der Waals surface area (Å²) in [6.07, 6.45) is 1.91. The van der Waals surface area contributed by atoms with Crippen LogP contribution in [0.4, 0.5) is 0 Å². The number of hydrogen-bond acceptors (Lipinski definition) is 5. The molecule has 7 heteroatoms. The Bertz CT molecular complexity index is 1130. The number of carbonyl (C=O) groups is 2. The highest BCUT2D eigenvalue weighted by molar-refractivity contribution is 7.10. The summed E-state index contributed by atoms with van der Waals surface area (Å²) in [6, 6.07) is 19.0. The van der Waals surface area contributed by atoms with E-state index < -0.39 is 0 Å². The van der Waals surface area contributed by atoms with E-state index in [4.69, 9.17) is 9.47 Å². The zero-order valence-electron chi connectivity index (χ0n) is 20.3. The molecular formula is C28H32N2O4S. The largest absolute Gasteiger partial charge is 0.497 e. The molecule has 1 aromatic heterocycles. The Morgan fingerprint density at radius 2 is 1.89 bits per heavy atom. The number of amides is 2. The number of hydrogen-bond donors (Lipinski definition) is 0. The van der Waals surface area contributed by atoms with Gasteiger partial charge in [-0.2, -0.15) is 0 Å². The third-order valence-electron chi connectivity index (χ3n) is 6.23. The number of carbonyl (C=O) groups excluding carboxylic acids is 2. The van der Waals surface area contributed by atoms with Crippen LogP contribution in [0.25, 0.3) is 0 Å². The van der Waals surface area contributed by atoms with Gasteiger partial charge in [-0.3, -0.25) is 9.59 Å². The van der Waals surface area contributed by atoms with E-state index >= 15 is 0 Å². The van der Waals surface area contributed by atoms with E-state index in [1.54, 1.807) is 23.3 Å². The van der Waals surface area contributed by atoms with E-state index in [1.807, 2.05) is 66.4 Å². The molecule has 0 bridgehead atoms. The van der Waals surface area contributed by atoms with Crippen LogP contribution in [0.15, 0.2) is 66.0 Å². The summed E-state index contributed by atoms with van der Waals surface area (Å²) >= 11 is 1.72. The Labute approximate surface area is 211 Å². The van der Waals surface area contributed by atoms with E-state index in [0.29, 0.717) is 31.9 Å². The first-order chi connectivity index (χ1) is 17.1. The number of methoxy groups -OCH3 is 1. The maximum absolute atomic E-state index is 13.6. The molecule has 2 aromatic carbocycles. The van der Waals surface area contributed by atoms with Gasteiger partial charge in [0.15, 0.2) is 0 Å². The molecular weight excluding hydrogens is 460 g/mol. The van der Waals surface area contributed by atoms with Gasteiger partial charge in [-0.15, -0.1) is 11.3 Å². The second-order valence-corrected chi connectivity index (χ2v) is 9.62. The minimum Gasteiger partial charge on any atom is -0.497 e. The fraction of sp³-hybridized carbons (Fsp3) is 0.357. The fourth-order valence-electron chi connectivity index (χ4n) is 4.44. The molecule has 3 aromatic rings. The monoisotopic (exact) mass is 492 g/mol. The van der Waals surface area contributed by atoms with E-state index in [9.17, 15) is 9.59 Å². The summed E-state index contributed by atoms with van der Waals surface area (Å²) in [7, 11) is 1.62. The van der Waals surface area contributed by atoms with Crippen molar-refractivity contribution in [3.05, 3.63) is 82.0 Å². The number of nitrogens with zero attached hydrogens (tertiary/aromatic N) is 2. The van der Waals surface area contributed by atoms with Gasteiger partial charge >= 0.3 is 0 Å². The topological polar surface area (TPSA) is 59.1 Å². The molecule has 2 amide bonds. The molecule has 2 heterocycles. The summed E-state index contributed by atoms with van der Waals surface area (Å²) in [5.41, 5.74) is 2.09. The van der Waals surface area contributed by atoms with Gasteiger partial charge in [0, 0.05) is 24.0 Å². The molecule has 6 nitrogen and oxygen atoms in total. The van der Waals surface area contributed by atoms with Gasteiger partial charge in [-0.1, -0.05) is 43.3 Å². The molecule has 1 atom stereocenters. The van der Waals surface area contributed by atoms with Crippen LogP contribution in [0.5, 0.6) is 11.5 Å². The van der Waals surface area contributed by atoms with Crippen LogP contribution in [0.2, 0.25) is 0 Å². The molecule has 0 saturated carbocycles. The third-order valence-corrected chi connectivity index (χ3v) is 7.23. The number of rotatable bonds is 10. The molecule has 184 valence electrons. The summed E-state index contributed by atoms with van der Waals surface area (Å²) < 4.78 is 11.4. The van der Waals surface area contributed by atoms with Gasteiger partial charge < -0.3 is 19.3 Å². The van der Waals surface area contributed by atoms with Gasteiger partial charge in [0.1, 0.15) is 18.1 Å². The average molecular weight is 493 g/mol. The SMILES string of the molecule is CCCN(CC(=O)N1CCc2sccc2[C@@H]1COc1cccc(OC)c1)C(=O)Cc1ccccc1. The highest BCUT2D eigenvalue weighted by atomic mass is 32.1. The lowest BCUT2D eigenvalue weighted by Gasteiger charge is -2.37. The summed E-state index contributed by atoms with van der Waals surface area (Å²) in [5, 5.41) is 2.07. The van der Waals surface area contributed by atoms with Crippen molar-refractivity contribution >= 4 is 23.2 Å². The standard InChI is InChI=1S/C28H32N2O4S/c1-3-14-29(27(31)17-21-8-5-4-6-9-21)19-28(32)30-15-12-26-24(13-16-35-26)25(30)20-34-23-11-7-10-22(18-23)33-2/h4-11,13,16,18,25H,3,12,14-15,17,19-20H2,1-2H3/t25-/m0/s1. The molecule has 0 radical (unpaired) electrons. The van der Waals surface area contributed by atoms with E-state index in [1.165, 1.54) is 4.88 Å². The number of fused-ring (bicyclic) bond motifs is 1. The van der Waals surface area contributed by atoms with Crippen molar-refractivity contribution in [3.63, 3.8) is 0 Å². The molecule has 0 aliphatic carbocycles. The average Bonchev–Trinajstić information content (AvgIpc) is 3.37. The molecule has 0 fully saturated rings. The highest BCUT2D eigenvalue weighted by Gasteiger charge is 2.33. The Morgan fingerprint density at radius 1 is 1.09 bits per heavy atom. The van der Waals surface area contributed by atoms with Crippen molar-refractivity contribution in [2.45, 2.75) is 32.2 Å². The van der Waals surface area contributed by atoms with E-state index in [2.05, 4.69) is 11.4 Å². The lowest BCUT2D eigenvalue weighted by atomic mass is 10.0. The Balaban J connectivity index is 1.48. The zero-order valence-corrected chi connectivity index (χ0v) is 21.1. The van der Waals surface area contributed by atoms with Crippen LogP contribution in [-0.2, 0) is 22.4 Å². The van der Waals surface area contributed by atoms with Gasteiger partial charge in [0.25, 0.3) is 0 Å². The van der Waals surface area contributed by atoms with Crippen molar-refractivity contribution in [2.75, 3.05) is 33.4 Å². The second kappa shape index (κ2) is 11.9. The van der Waals surface area contributed by atoms with Crippen LogP contribution in [-0.4, -0.2) is 55.0 Å². The van der Waals surface area contributed by atoms with E-state index in [-0.39, 0.29) is 24.4 Å². The van der Waals surface area contributed by atoms with Crippen LogP contribution < -0.4 is 9.47 Å². The quantitative estimate of drug-likeness (QED) is 0.410. The molecule has 0 N–H and O–H groups in total. The number of benzene rings is 2. The predicted molar refractivity (Wildman–Crippen MR) is 138 cm³/mol. The van der Waals surface area contributed by atoms with Gasteiger partial charge in [0.05, 0.1) is 26.1 Å². The molecule has 0 unspecified atom stereocenters. The minimum atomic E-state index is -0.198. The van der Waals surface area contributed by atoms with Crippen LogP contribution in [0.1, 0.15) is 35.4 Å². The van der Waals surface area contributed by atoms with Crippen molar-refractivity contribution in [2.24, 2.45) is 0 Å². The third kappa shape index (κ3) is 6.22. The number of ether oxygens (including phenoxy) is 2. The molecule has 1 aliphatic heterocycles. The fourth-order valence-corrected chi connectivity index (χ4v) is 5.37. The molecule has 0 saturated heterocycles. The molecule has 4 rings (SSSR count). The van der Waals surface area contributed by atoms with Crippen LogP contribution in [0, 0.1) is 0 Å². The normalized spacial score (nSPS) is 14.8. The maximum atomic E-state index is 13.6. The number of thiophene rings is 1. The van der Waals surface area contributed by atoms with Crippen LogP contribution in [0.3, 0.4) is 0 Å². The first-order valence-corrected chi connectivity index (χ1v) is 12.9. The summed E-state index contributed by atoms with van der Waals surface area (Å²) in [5.74, 6) is 1.35. The molecule has 35 heavy (non-hydrogen) atoms. The first kappa shape index (κ1) is 24.8. The van der Waals surface area contributed by atoms with E-state index in [0.717, 1.165) is 29.7 Å². The van der Waals surface area contributed by atoms with Gasteiger partial charge in [-0.25, -0.2) is 0 Å². The first-order valence-electron chi connectivity index (χ1n) is 12.0. The highest BCUT2D eigenvalue weighted by Crippen LogP contribution is 2.34. The van der Waals surface area contributed by atoms with Gasteiger partial charge in [0.2, 0.25) is 11.8 Å². The lowest BCUT2D eigenvalue weighted by Crippen LogP contribution is -2.48. The van der Waals surface area contributed by atoms with Crippen LogP contribution >= 0.6 is 11.3 Å². The molecule has 1 aliphatic rings. The van der Waals surface area contributed by atoms with Crippen molar-refractivity contribution in [1.29, 1.82) is 0 Å². The Kier molecular flexibility index (Phi) is 8.42. The van der Waals surface area contributed by atoms with Gasteiger partial charge in [-0.05, 0) is 47.5 Å². The lowest BCUT2D eigenvalue weighted by molar-refractivity contribution is -0.142. The van der Waals surface area contributed by atoms with Crippen molar-refractivity contribution in [1.82, 2.24) is 9.80 Å². The Morgan fingerprint density at radius 3 is 2.66 bits per heavy atom. The predicted octanol–water partition coefficient (Wildman–Crippen LogP) is 4.74.